The van der Waals surface area contributed by atoms with E-state index < -0.39 is 10.0 Å². The Labute approximate surface area is 207 Å². The number of thiazole rings is 1. The van der Waals surface area contributed by atoms with Crippen LogP contribution in [0.3, 0.4) is 0 Å². The third-order valence-corrected chi connectivity index (χ3v) is 7.61. The van der Waals surface area contributed by atoms with Crippen molar-refractivity contribution in [3.8, 4) is 21.9 Å². The molecule has 180 valence electrons. The van der Waals surface area contributed by atoms with Crippen molar-refractivity contribution in [3.63, 3.8) is 0 Å². The van der Waals surface area contributed by atoms with Gasteiger partial charge in [0.25, 0.3) is 10.0 Å². The maximum absolute atomic E-state index is 13.1. The number of nitrogens with one attached hydrogen (secondary N) is 2. The van der Waals surface area contributed by atoms with Crippen LogP contribution < -0.4 is 14.8 Å². The Kier molecular flexibility index (Phi) is 7.04. The molecule has 0 aliphatic rings. The van der Waals surface area contributed by atoms with E-state index in [2.05, 4.69) is 15.0 Å². The summed E-state index contributed by atoms with van der Waals surface area (Å²) in [6.07, 6.45) is 0.225. The summed E-state index contributed by atoms with van der Waals surface area (Å²) < 4.78 is 34.1. The van der Waals surface area contributed by atoms with Gasteiger partial charge in [-0.05, 0) is 60.5 Å². The molecule has 4 rings (SSSR count). The topological polar surface area (TPSA) is 118 Å². The Hall–Kier alpha value is -3.89. The van der Waals surface area contributed by atoms with E-state index in [0.717, 1.165) is 10.4 Å². The van der Waals surface area contributed by atoms with Gasteiger partial charge in [0.05, 0.1) is 24.1 Å². The number of anilines is 2. The van der Waals surface area contributed by atoms with Gasteiger partial charge in [0.1, 0.15) is 16.4 Å². The summed E-state index contributed by atoms with van der Waals surface area (Å²) in [6, 6.07) is 19.9. The number of phenolic OH excluding ortho intramolecular Hbond substituents is 1. The number of sulfonamides is 1. The first-order chi connectivity index (χ1) is 16.7. The molecule has 0 unspecified atom stereocenters. The lowest BCUT2D eigenvalue weighted by molar-refractivity contribution is -0.115. The first kappa shape index (κ1) is 24.2. The van der Waals surface area contributed by atoms with Crippen LogP contribution in [-0.4, -0.2) is 31.5 Å². The van der Waals surface area contributed by atoms with Crippen LogP contribution >= 0.6 is 11.3 Å². The Morgan fingerprint density at radius 3 is 2.46 bits per heavy atom. The number of amides is 1. The van der Waals surface area contributed by atoms with E-state index in [9.17, 15) is 18.3 Å². The zero-order chi connectivity index (χ0) is 25.0. The van der Waals surface area contributed by atoms with E-state index in [-0.39, 0.29) is 28.7 Å². The summed E-state index contributed by atoms with van der Waals surface area (Å²) in [4.78, 5) is 17.6. The second kappa shape index (κ2) is 10.2. The Morgan fingerprint density at radius 1 is 1.06 bits per heavy atom. The molecule has 4 aromatic rings. The Bertz CT molecular complexity index is 1450. The summed E-state index contributed by atoms with van der Waals surface area (Å²) in [5.74, 6) is 0.0195. The van der Waals surface area contributed by atoms with Crippen LogP contribution in [0, 0.1) is 6.92 Å². The molecule has 3 N–H and O–H groups in total. The number of nitrogens with zero attached hydrogens (tertiary/aromatic N) is 1. The molecule has 1 heterocycles. The van der Waals surface area contributed by atoms with E-state index in [1.807, 2.05) is 30.3 Å². The van der Waals surface area contributed by atoms with Gasteiger partial charge >= 0.3 is 0 Å². The van der Waals surface area contributed by atoms with E-state index in [4.69, 9.17) is 4.74 Å². The second-order valence-electron chi connectivity index (χ2n) is 7.66. The highest BCUT2D eigenvalue weighted by atomic mass is 32.2. The van der Waals surface area contributed by atoms with Crippen molar-refractivity contribution in [1.82, 2.24) is 4.98 Å². The minimum absolute atomic E-state index is 0.0276. The standard InChI is InChI=1S/C25H23N3O5S2/c1-16-24(34-25(26-16)27-23(30)14-17-6-4-3-5-7-17)18-8-13-21(33-2)22(15-18)35(31,32)28-19-9-11-20(29)12-10-19/h3-13,15,28-29H,14H2,1-2H3,(H,26,27,30). The van der Waals surface area contributed by atoms with Crippen LogP contribution in [0.2, 0.25) is 0 Å². The maximum Gasteiger partial charge on any atom is 0.265 e. The normalized spacial score (nSPS) is 11.1. The van der Waals surface area contributed by atoms with Crippen molar-refractivity contribution in [1.29, 1.82) is 0 Å². The number of ether oxygens (including phenoxy) is 1. The van der Waals surface area contributed by atoms with E-state index in [0.29, 0.717) is 22.1 Å². The van der Waals surface area contributed by atoms with Gasteiger partial charge in [0.2, 0.25) is 5.91 Å². The summed E-state index contributed by atoms with van der Waals surface area (Å²) in [5.41, 5.74) is 2.47. The molecular formula is C25H23N3O5S2. The number of carbonyl (C=O) groups excluding carboxylic acids is 1. The fourth-order valence-corrected chi connectivity index (χ4v) is 5.66. The van der Waals surface area contributed by atoms with Crippen molar-refractivity contribution in [3.05, 3.63) is 84.1 Å². The number of phenols is 1. The predicted octanol–water partition coefficient (Wildman–Crippen LogP) is 4.81. The van der Waals surface area contributed by atoms with Crippen LogP contribution in [0.25, 0.3) is 10.4 Å². The molecule has 3 aromatic carbocycles. The number of benzene rings is 3. The monoisotopic (exact) mass is 509 g/mol. The van der Waals surface area contributed by atoms with Crippen molar-refractivity contribution in [2.24, 2.45) is 0 Å². The minimum Gasteiger partial charge on any atom is -0.508 e. The summed E-state index contributed by atoms with van der Waals surface area (Å²) in [6.45, 7) is 1.80. The van der Waals surface area contributed by atoms with Gasteiger partial charge in [-0.3, -0.25) is 9.52 Å². The molecule has 35 heavy (non-hydrogen) atoms. The number of aromatic nitrogens is 1. The Balaban J connectivity index is 1.60. The molecule has 0 spiro atoms. The second-order valence-corrected chi connectivity index (χ2v) is 10.3. The summed E-state index contributed by atoms with van der Waals surface area (Å²) in [5, 5.41) is 12.7. The number of methoxy groups -OCH3 is 1. The molecule has 8 nitrogen and oxygen atoms in total. The first-order valence-electron chi connectivity index (χ1n) is 10.6. The smallest absolute Gasteiger partial charge is 0.265 e. The molecule has 0 aliphatic carbocycles. The highest BCUT2D eigenvalue weighted by Crippen LogP contribution is 2.37. The molecule has 0 aliphatic heterocycles. The fourth-order valence-electron chi connectivity index (χ4n) is 3.43. The van der Waals surface area contributed by atoms with Gasteiger partial charge in [-0.2, -0.15) is 0 Å². The largest absolute Gasteiger partial charge is 0.508 e. The molecule has 0 bridgehead atoms. The van der Waals surface area contributed by atoms with Crippen molar-refractivity contribution >= 4 is 38.1 Å². The lowest BCUT2D eigenvalue weighted by Gasteiger charge is -2.13. The van der Waals surface area contributed by atoms with E-state index >= 15 is 0 Å². The first-order valence-corrected chi connectivity index (χ1v) is 12.9. The number of aryl methyl sites for hydroxylation is 1. The highest BCUT2D eigenvalue weighted by Gasteiger charge is 2.22. The van der Waals surface area contributed by atoms with Crippen LogP contribution in [0.15, 0.2) is 77.7 Å². The van der Waals surface area contributed by atoms with Crippen LogP contribution in [-0.2, 0) is 21.2 Å². The molecule has 0 saturated carbocycles. The Morgan fingerprint density at radius 2 is 1.77 bits per heavy atom. The van der Waals surface area contributed by atoms with Crippen molar-refractivity contribution < 1.29 is 23.1 Å². The molecule has 1 amide bonds. The zero-order valence-electron chi connectivity index (χ0n) is 19.0. The number of rotatable bonds is 8. The molecule has 1 aromatic heterocycles. The average molecular weight is 510 g/mol. The zero-order valence-corrected chi connectivity index (χ0v) is 20.6. The van der Waals surface area contributed by atoms with Crippen LogP contribution in [0.4, 0.5) is 10.8 Å². The number of hydrogen-bond acceptors (Lipinski definition) is 7. The SMILES string of the molecule is COc1ccc(-c2sc(NC(=O)Cc3ccccc3)nc2C)cc1S(=O)(=O)Nc1ccc(O)cc1. The quantitative estimate of drug-likeness (QED) is 0.293. The number of aromatic hydroxyl groups is 1. The van der Waals surface area contributed by atoms with Crippen LogP contribution in [0.1, 0.15) is 11.3 Å². The third-order valence-electron chi connectivity index (χ3n) is 5.09. The summed E-state index contributed by atoms with van der Waals surface area (Å²) in [7, 11) is -2.61. The average Bonchev–Trinajstić information content (AvgIpc) is 3.20. The molecule has 0 saturated heterocycles. The van der Waals surface area contributed by atoms with Gasteiger partial charge in [0.15, 0.2) is 5.13 Å². The number of carbonyl (C=O) groups is 1. The molecule has 10 heteroatoms. The maximum atomic E-state index is 13.1. The fraction of sp³-hybridized carbons (Fsp3) is 0.120. The molecule has 0 fully saturated rings. The van der Waals surface area contributed by atoms with E-state index in [1.54, 1.807) is 19.1 Å². The molecular weight excluding hydrogens is 486 g/mol. The third kappa shape index (κ3) is 5.79. The van der Waals surface area contributed by atoms with Gasteiger partial charge in [-0.25, -0.2) is 13.4 Å². The van der Waals surface area contributed by atoms with Gasteiger partial charge < -0.3 is 15.2 Å². The highest BCUT2D eigenvalue weighted by molar-refractivity contribution is 7.92. The van der Waals surface area contributed by atoms with E-state index in [1.165, 1.54) is 48.8 Å². The van der Waals surface area contributed by atoms with Gasteiger partial charge in [-0.15, -0.1) is 0 Å². The lowest BCUT2D eigenvalue weighted by Crippen LogP contribution is -2.14. The van der Waals surface area contributed by atoms with Gasteiger partial charge in [-0.1, -0.05) is 41.7 Å². The number of hydrogen-bond donors (Lipinski definition) is 3. The van der Waals surface area contributed by atoms with Crippen molar-refractivity contribution in [2.45, 2.75) is 18.2 Å². The van der Waals surface area contributed by atoms with Crippen LogP contribution in [0.5, 0.6) is 11.5 Å². The van der Waals surface area contributed by atoms with Crippen molar-refractivity contribution in [2.75, 3.05) is 17.1 Å². The summed E-state index contributed by atoms with van der Waals surface area (Å²) >= 11 is 1.26. The minimum atomic E-state index is -4.00. The molecule has 0 atom stereocenters. The predicted molar refractivity (Wildman–Crippen MR) is 137 cm³/mol. The lowest BCUT2D eigenvalue weighted by atomic mass is 10.1. The van der Waals surface area contributed by atoms with Gasteiger partial charge in [0, 0.05) is 5.69 Å². The molecule has 0 radical (unpaired) electrons.